The Bertz CT molecular complexity index is 511. The van der Waals surface area contributed by atoms with Crippen molar-refractivity contribution in [2.75, 3.05) is 20.8 Å². The highest BCUT2D eigenvalue weighted by atomic mass is 16.5. The molecule has 1 N–H and O–H groups in total. The Hall–Kier alpha value is -2.04. The third kappa shape index (κ3) is 4.48. The van der Waals surface area contributed by atoms with Gasteiger partial charge in [-0.1, -0.05) is 0 Å². The van der Waals surface area contributed by atoms with E-state index < -0.39 is 5.97 Å². The van der Waals surface area contributed by atoms with E-state index in [0.717, 1.165) is 49.3 Å². The van der Waals surface area contributed by atoms with E-state index in [9.17, 15) is 4.79 Å². The number of methoxy groups -OCH3 is 2. The molecule has 1 aromatic carbocycles. The first-order valence-corrected chi connectivity index (χ1v) is 7.58. The van der Waals surface area contributed by atoms with Crippen LogP contribution in [0.4, 0.5) is 0 Å². The van der Waals surface area contributed by atoms with Crippen LogP contribution in [-0.4, -0.2) is 38.1 Å². The van der Waals surface area contributed by atoms with Gasteiger partial charge in [-0.05, 0) is 49.3 Å². The Balaban J connectivity index is 1.89. The van der Waals surface area contributed by atoms with Gasteiger partial charge in [0, 0.05) is 18.8 Å². The molecule has 1 saturated carbocycles. The molecule has 0 heterocycles. The molecule has 0 radical (unpaired) electrons. The predicted octanol–water partition coefficient (Wildman–Crippen LogP) is 3.01. The maximum atomic E-state index is 10.9. The van der Waals surface area contributed by atoms with Crippen LogP contribution in [0.3, 0.4) is 0 Å². The molecule has 1 fully saturated rings. The fraction of sp³-hybridized carbons (Fsp3) is 0.529. The number of hydrogen-bond donors (Lipinski definition) is 1. The van der Waals surface area contributed by atoms with Crippen molar-refractivity contribution in [3.63, 3.8) is 0 Å². The largest absolute Gasteiger partial charge is 0.497 e. The normalized spacial score (nSPS) is 21.7. The fourth-order valence-corrected chi connectivity index (χ4v) is 2.80. The van der Waals surface area contributed by atoms with E-state index in [1.807, 2.05) is 24.4 Å². The molecule has 2 rings (SSSR count). The summed E-state index contributed by atoms with van der Waals surface area (Å²) in [7, 11) is 3.24. The summed E-state index contributed by atoms with van der Waals surface area (Å²) in [4.78, 5) is 15.4. The molecule has 1 aromatic rings. The number of carboxylic acid groups (broad SMARTS) is 1. The molecule has 1 aliphatic carbocycles. The molecule has 120 valence electrons. The van der Waals surface area contributed by atoms with Gasteiger partial charge in [0.25, 0.3) is 0 Å². The summed E-state index contributed by atoms with van der Waals surface area (Å²) in [5, 5.41) is 8.99. The lowest BCUT2D eigenvalue weighted by Crippen LogP contribution is -2.22. The zero-order valence-corrected chi connectivity index (χ0v) is 13.1. The predicted molar refractivity (Wildman–Crippen MR) is 85.1 cm³/mol. The lowest BCUT2D eigenvalue weighted by molar-refractivity contribution is -0.143. The van der Waals surface area contributed by atoms with Gasteiger partial charge in [-0.15, -0.1) is 0 Å². The molecular weight excluding hydrogens is 282 g/mol. The van der Waals surface area contributed by atoms with E-state index in [1.165, 1.54) is 0 Å². The van der Waals surface area contributed by atoms with Crippen molar-refractivity contribution in [1.29, 1.82) is 0 Å². The van der Waals surface area contributed by atoms with Gasteiger partial charge in [0.05, 0.1) is 20.1 Å². The molecule has 1 aliphatic rings. The number of carbonyl (C=O) groups is 1. The lowest BCUT2D eigenvalue weighted by Gasteiger charge is -2.24. The van der Waals surface area contributed by atoms with Crippen LogP contribution >= 0.6 is 0 Å². The second-order valence-electron chi connectivity index (χ2n) is 5.70. The monoisotopic (exact) mass is 305 g/mol. The molecule has 0 atom stereocenters. The van der Waals surface area contributed by atoms with Crippen LogP contribution in [-0.2, 0) is 4.79 Å². The highest BCUT2D eigenvalue weighted by molar-refractivity contribution is 5.81. The van der Waals surface area contributed by atoms with E-state index in [1.54, 1.807) is 14.2 Å². The van der Waals surface area contributed by atoms with Crippen LogP contribution in [0.15, 0.2) is 23.2 Å². The van der Waals surface area contributed by atoms with E-state index in [0.29, 0.717) is 5.92 Å². The average molecular weight is 305 g/mol. The van der Waals surface area contributed by atoms with E-state index >= 15 is 0 Å². The van der Waals surface area contributed by atoms with Crippen LogP contribution in [0.5, 0.6) is 11.5 Å². The SMILES string of the molecule is COc1cc(C=NC[C@H]2CC[C@H](C(=O)O)CC2)cc(OC)c1. The molecule has 0 saturated heterocycles. The van der Waals surface area contributed by atoms with Crippen LogP contribution in [0.1, 0.15) is 31.2 Å². The highest BCUT2D eigenvalue weighted by Gasteiger charge is 2.25. The zero-order chi connectivity index (χ0) is 15.9. The minimum absolute atomic E-state index is 0.164. The number of rotatable bonds is 6. The standard InChI is InChI=1S/C17H23NO4/c1-21-15-7-13(8-16(9-15)22-2)11-18-10-12-3-5-14(6-4-12)17(19)20/h7-9,11-12,14H,3-6,10H2,1-2H3,(H,19,20)/t12-,14-. The van der Waals surface area contributed by atoms with Gasteiger partial charge in [-0.25, -0.2) is 0 Å². The fourth-order valence-electron chi connectivity index (χ4n) is 2.80. The molecule has 5 heteroatoms. The third-order valence-corrected chi connectivity index (χ3v) is 4.17. The van der Waals surface area contributed by atoms with Crippen molar-refractivity contribution in [1.82, 2.24) is 0 Å². The maximum absolute atomic E-state index is 10.9. The van der Waals surface area contributed by atoms with Crippen LogP contribution in [0, 0.1) is 11.8 Å². The molecule has 0 unspecified atom stereocenters. The number of benzene rings is 1. The minimum atomic E-state index is -0.662. The van der Waals surface area contributed by atoms with Crippen LogP contribution in [0.2, 0.25) is 0 Å². The second kappa shape index (κ2) is 7.82. The Morgan fingerprint density at radius 1 is 1.18 bits per heavy atom. The average Bonchev–Trinajstić information content (AvgIpc) is 2.55. The van der Waals surface area contributed by atoms with Crippen molar-refractivity contribution in [2.45, 2.75) is 25.7 Å². The molecule has 0 aromatic heterocycles. The van der Waals surface area contributed by atoms with E-state index in [-0.39, 0.29) is 5.92 Å². The van der Waals surface area contributed by atoms with Gasteiger partial charge in [-0.2, -0.15) is 0 Å². The number of aliphatic carboxylic acids is 1. The molecule has 0 amide bonds. The first kappa shape index (κ1) is 16.3. The van der Waals surface area contributed by atoms with Gasteiger partial charge in [0.1, 0.15) is 11.5 Å². The summed E-state index contributed by atoms with van der Waals surface area (Å²) >= 11 is 0. The summed E-state index contributed by atoms with van der Waals surface area (Å²) in [6.45, 7) is 0.742. The second-order valence-corrected chi connectivity index (χ2v) is 5.70. The molecule has 0 bridgehead atoms. The number of aliphatic imine (C=N–C) groups is 1. The summed E-state index contributed by atoms with van der Waals surface area (Å²) in [5.74, 6) is 1.14. The summed E-state index contributed by atoms with van der Waals surface area (Å²) in [6, 6.07) is 5.64. The topological polar surface area (TPSA) is 68.1 Å². The highest BCUT2D eigenvalue weighted by Crippen LogP contribution is 2.29. The maximum Gasteiger partial charge on any atom is 0.306 e. The number of ether oxygens (including phenoxy) is 2. The Morgan fingerprint density at radius 2 is 1.77 bits per heavy atom. The van der Waals surface area contributed by atoms with E-state index in [4.69, 9.17) is 14.6 Å². The summed E-state index contributed by atoms with van der Waals surface area (Å²) < 4.78 is 10.5. The minimum Gasteiger partial charge on any atom is -0.497 e. The molecule has 22 heavy (non-hydrogen) atoms. The molecule has 5 nitrogen and oxygen atoms in total. The molecular formula is C17H23NO4. The van der Waals surface area contributed by atoms with Crippen LogP contribution < -0.4 is 9.47 Å². The van der Waals surface area contributed by atoms with Crippen molar-refractivity contribution in [3.8, 4) is 11.5 Å². The Morgan fingerprint density at radius 3 is 2.27 bits per heavy atom. The summed E-state index contributed by atoms with van der Waals surface area (Å²) in [6.07, 6.45) is 5.24. The van der Waals surface area contributed by atoms with Gasteiger partial charge in [0.2, 0.25) is 0 Å². The van der Waals surface area contributed by atoms with Gasteiger partial charge in [-0.3, -0.25) is 9.79 Å². The third-order valence-electron chi connectivity index (χ3n) is 4.17. The van der Waals surface area contributed by atoms with E-state index in [2.05, 4.69) is 4.99 Å². The lowest BCUT2D eigenvalue weighted by atomic mass is 9.82. The van der Waals surface area contributed by atoms with Gasteiger partial charge >= 0.3 is 5.97 Å². The zero-order valence-electron chi connectivity index (χ0n) is 13.1. The smallest absolute Gasteiger partial charge is 0.306 e. The van der Waals surface area contributed by atoms with Crippen LogP contribution in [0.25, 0.3) is 0 Å². The molecule has 0 spiro atoms. The number of nitrogens with zero attached hydrogens (tertiary/aromatic N) is 1. The van der Waals surface area contributed by atoms with Gasteiger partial charge < -0.3 is 14.6 Å². The quantitative estimate of drug-likeness (QED) is 0.820. The van der Waals surface area contributed by atoms with Crippen molar-refractivity contribution in [2.24, 2.45) is 16.8 Å². The van der Waals surface area contributed by atoms with Crippen molar-refractivity contribution >= 4 is 12.2 Å². The Labute approximate surface area is 131 Å². The van der Waals surface area contributed by atoms with Crippen molar-refractivity contribution in [3.05, 3.63) is 23.8 Å². The number of hydrogen-bond acceptors (Lipinski definition) is 4. The first-order valence-electron chi connectivity index (χ1n) is 7.58. The van der Waals surface area contributed by atoms with Gasteiger partial charge in [0.15, 0.2) is 0 Å². The first-order chi connectivity index (χ1) is 10.6. The van der Waals surface area contributed by atoms with Crippen molar-refractivity contribution < 1.29 is 19.4 Å². The molecule has 0 aliphatic heterocycles. The summed E-state index contributed by atoms with van der Waals surface area (Å²) in [5.41, 5.74) is 0.940. The number of carboxylic acids is 1. The Kier molecular flexibility index (Phi) is 5.81.